The number of nitrogens with zero attached hydrogens (tertiary/aromatic N) is 2. The summed E-state index contributed by atoms with van der Waals surface area (Å²) in [7, 11) is 0. The van der Waals surface area contributed by atoms with Crippen molar-refractivity contribution in [2.45, 2.75) is 12.1 Å². The van der Waals surface area contributed by atoms with Crippen LogP contribution in [0.25, 0.3) is 0 Å². The van der Waals surface area contributed by atoms with E-state index in [0.29, 0.717) is 27.8 Å². The molecule has 3 atom stereocenters. The molecule has 2 heterocycles. The molecule has 3 unspecified atom stereocenters. The first-order valence-corrected chi connectivity index (χ1v) is 7.06. The zero-order valence-electron chi connectivity index (χ0n) is 8.60. The number of benzene rings is 1. The molecule has 3 rings (SSSR count). The molecule has 17 heavy (non-hydrogen) atoms. The molecule has 1 fully saturated rings. The Morgan fingerprint density at radius 2 is 1.76 bits per heavy atom. The van der Waals surface area contributed by atoms with E-state index in [1.54, 1.807) is 12.1 Å². The van der Waals surface area contributed by atoms with E-state index in [2.05, 4.69) is 9.98 Å². The minimum atomic E-state index is -1.26. The summed E-state index contributed by atoms with van der Waals surface area (Å²) in [4.78, 5) is 9.02. The highest BCUT2D eigenvalue weighted by molar-refractivity contribution is 7.80. The van der Waals surface area contributed by atoms with Crippen molar-refractivity contribution in [2.75, 3.05) is 12.4 Å². The average molecular weight is 291 g/mol. The summed E-state index contributed by atoms with van der Waals surface area (Å²) in [6, 6.07) is 3.23. The minimum Gasteiger partial charge on any atom is -0.288 e. The van der Waals surface area contributed by atoms with Crippen molar-refractivity contribution in [2.24, 2.45) is 9.98 Å². The Balaban J connectivity index is 2.15. The summed E-state index contributed by atoms with van der Waals surface area (Å²) in [5.74, 6) is 0.383. The maximum Gasteiger partial charge on any atom is 0.157 e. The number of halogens is 2. The van der Waals surface area contributed by atoms with Gasteiger partial charge >= 0.3 is 0 Å². The molecule has 0 radical (unpaired) electrons. The number of rotatable bonds is 0. The van der Waals surface area contributed by atoms with Crippen molar-refractivity contribution in [3.8, 4) is 0 Å². The molecule has 1 aromatic rings. The smallest absolute Gasteiger partial charge is 0.157 e. The van der Waals surface area contributed by atoms with Crippen LogP contribution in [0.3, 0.4) is 0 Å². The summed E-state index contributed by atoms with van der Waals surface area (Å²) in [5, 5.41) is 2.34. The van der Waals surface area contributed by atoms with Crippen LogP contribution in [0.15, 0.2) is 22.1 Å². The van der Waals surface area contributed by atoms with Gasteiger partial charge in [0.2, 0.25) is 0 Å². The lowest BCUT2D eigenvalue weighted by molar-refractivity contribution is 0.270. The van der Waals surface area contributed by atoms with Gasteiger partial charge in [0, 0.05) is 0 Å². The molecule has 1 saturated heterocycles. The topological polar surface area (TPSA) is 51.0 Å². The molecule has 0 spiro atoms. The van der Waals surface area contributed by atoms with E-state index in [4.69, 9.17) is 27.4 Å². The molecule has 0 aromatic heterocycles. The Bertz CT molecular complexity index is 619. The zero-order valence-corrected chi connectivity index (χ0v) is 10.9. The third kappa shape index (κ3) is 2.12. The Morgan fingerprint density at radius 1 is 1.18 bits per heavy atom. The van der Waals surface area contributed by atoms with E-state index in [0.717, 1.165) is 5.36 Å². The van der Waals surface area contributed by atoms with Gasteiger partial charge in [0.15, 0.2) is 11.1 Å². The predicted molar refractivity (Wildman–Crippen MR) is 65.3 cm³/mol. The molecule has 1 aromatic carbocycles. The van der Waals surface area contributed by atoms with Gasteiger partial charge in [-0.05, 0) is 12.1 Å². The van der Waals surface area contributed by atoms with Gasteiger partial charge in [0.05, 0.1) is 45.2 Å². The lowest BCUT2D eigenvalue weighted by Crippen LogP contribution is -2.46. The van der Waals surface area contributed by atoms with E-state index >= 15 is 0 Å². The van der Waals surface area contributed by atoms with Crippen LogP contribution in [0.4, 0.5) is 0 Å². The van der Waals surface area contributed by atoms with Crippen LogP contribution in [0, 0.1) is 0 Å². The average Bonchev–Trinajstić information content (AvgIpc) is 2.28. The molecule has 90 valence electrons. The van der Waals surface area contributed by atoms with Crippen molar-refractivity contribution < 1.29 is 8.39 Å². The van der Waals surface area contributed by atoms with Crippen LogP contribution in [0.5, 0.6) is 0 Å². The van der Waals surface area contributed by atoms with Crippen LogP contribution in [0.2, 0.25) is 10.0 Å². The van der Waals surface area contributed by atoms with E-state index < -0.39 is 11.1 Å². The monoisotopic (exact) mass is 290 g/mol. The standard InChI is InChI=1S/C10H8Cl2N2O2S/c11-5-1-7-8(2-6(5)12)14-10-4-17(15)16-3-9(10)13-7/h1-2,9-10H,3-4H2. The van der Waals surface area contributed by atoms with E-state index in [9.17, 15) is 4.21 Å². The van der Waals surface area contributed by atoms with Crippen LogP contribution in [-0.4, -0.2) is 28.7 Å². The highest BCUT2D eigenvalue weighted by Gasteiger charge is 2.30. The second-order valence-electron chi connectivity index (χ2n) is 3.90. The molecule has 2 aliphatic heterocycles. The summed E-state index contributed by atoms with van der Waals surface area (Å²) in [5.41, 5.74) is 0. The predicted octanol–water partition coefficient (Wildman–Crippen LogP) is 0.677. The fourth-order valence-corrected chi connectivity index (χ4v) is 3.17. The van der Waals surface area contributed by atoms with Crippen molar-refractivity contribution in [3.63, 3.8) is 0 Å². The SMILES string of the molecule is O=S1CC2N=c3cc(Cl)c(Cl)cc3=NC2CO1. The largest absolute Gasteiger partial charge is 0.288 e. The fourth-order valence-electron chi connectivity index (χ4n) is 1.89. The third-order valence-electron chi connectivity index (χ3n) is 2.75. The van der Waals surface area contributed by atoms with Crippen molar-refractivity contribution >= 4 is 34.3 Å². The molecule has 0 saturated carbocycles. The van der Waals surface area contributed by atoms with Gasteiger partial charge < -0.3 is 0 Å². The molecule has 0 aliphatic carbocycles. The van der Waals surface area contributed by atoms with Gasteiger partial charge in [-0.1, -0.05) is 23.2 Å². The summed E-state index contributed by atoms with van der Waals surface area (Å²) in [6.45, 7) is 0.334. The van der Waals surface area contributed by atoms with Crippen LogP contribution in [-0.2, 0) is 15.3 Å². The Morgan fingerprint density at radius 3 is 2.41 bits per heavy atom. The molecular weight excluding hydrogens is 283 g/mol. The highest BCUT2D eigenvalue weighted by atomic mass is 35.5. The van der Waals surface area contributed by atoms with Gasteiger partial charge in [-0.15, -0.1) is 0 Å². The Hall–Kier alpha value is -0.490. The highest BCUT2D eigenvalue weighted by Crippen LogP contribution is 2.19. The minimum absolute atomic E-state index is 0.0718. The lowest BCUT2D eigenvalue weighted by atomic mass is 10.1. The second-order valence-corrected chi connectivity index (χ2v) is 5.89. The van der Waals surface area contributed by atoms with E-state index in [1.807, 2.05) is 0 Å². The van der Waals surface area contributed by atoms with Gasteiger partial charge in [0.1, 0.15) is 0 Å². The first kappa shape index (κ1) is 11.6. The second kappa shape index (κ2) is 4.31. The van der Waals surface area contributed by atoms with Crippen LogP contribution < -0.4 is 10.7 Å². The van der Waals surface area contributed by atoms with Crippen molar-refractivity contribution in [3.05, 3.63) is 32.9 Å². The molecule has 0 amide bonds. The summed E-state index contributed by atoms with van der Waals surface area (Å²) >= 11 is 10.6. The first-order valence-electron chi connectivity index (χ1n) is 5.06. The summed E-state index contributed by atoms with van der Waals surface area (Å²) < 4.78 is 16.4. The maximum atomic E-state index is 11.3. The maximum absolute atomic E-state index is 11.3. The molecule has 2 aliphatic rings. The van der Waals surface area contributed by atoms with E-state index in [-0.39, 0.29) is 12.1 Å². The number of fused-ring (bicyclic) bond motifs is 2. The van der Waals surface area contributed by atoms with Gasteiger partial charge in [-0.2, -0.15) is 0 Å². The number of hydrogen-bond acceptors (Lipinski definition) is 4. The van der Waals surface area contributed by atoms with Crippen molar-refractivity contribution in [1.29, 1.82) is 0 Å². The Labute approximate surface area is 110 Å². The summed E-state index contributed by atoms with van der Waals surface area (Å²) in [6.07, 6.45) is 0. The molecule has 0 bridgehead atoms. The lowest BCUT2D eigenvalue weighted by Gasteiger charge is -2.26. The quantitative estimate of drug-likeness (QED) is 0.705. The normalized spacial score (nSPS) is 30.8. The zero-order chi connectivity index (χ0) is 12.0. The first-order chi connectivity index (χ1) is 8.13. The molecule has 7 heteroatoms. The molecule has 0 N–H and O–H groups in total. The van der Waals surface area contributed by atoms with Gasteiger partial charge in [-0.25, -0.2) is 4.21 Å². The van der Waals surface area contributed by atoms with Gasteiger partial charge in [-0.3, -0.25) is 14.2 Å². The van der Waals surface area contributed by atoms with Crippen molar-refractivity contribution in [1.82, 2.24) is 0 Å². The van der Waals surface area contributed by atoms with Crippen LogP contribution in [0.1, 0.15) is 0 Å². The molecular formula is C10H8Cl2N2O2S. The van der Waals surface area contributed by atoms with Gasteiger partial charge in [0.25, 0.3) is 0 Å². The number of hydrogen-bond donors (Lipinski definition) is 0. The fraction of sp³-hybridized carbons (Fsp3) is 0.400. The Kier molecular flexibility index (Phi) is 2.94. The third-order valence-corrected chi connectivity index (χ3v) is 4.48. The van der Waals surface area contributed by atoms with Crippen LogP contribution >= 0.6 is 23.2 Å². The van der Waals surface area contributed by atoms with E-state index in [1.165, 1.54) is 0 Å². The molecule has 4 nitrogen and oxygen atoms in total.